The molecule has 2 aliphatic heterocycles. The van der Waals surface area contributed by atoms with E-state index in [1.54, 1.807) is 27.7 Å². The highest BCUT2D eigenvalue weighted by Crippen LogP contribution is 2.40. The molecule has 0 bridgehead atoms. The standard InChI is InChI=1S/C35H38Cl2N8O4.H2O/c1-3-14-44-34(46)45(25(2)40-44)29-7-5-27(6-8-29)41-15-17-42(18-16-41)28-9-11-30(12-10-28)47-20-31-21-48-35(49-31,22-43-24-38-23-39-43)32-13-4-26(36)19-33(32)37;/h4-13,19,23-24,31H,3,14-18,20-22H2,1-2H3;1H2/t31-,35-;/m1./s1. The van der Waals surface area contributed by atoms with E-state index in [4.69, 9.17) is 37.4 Å². The molecule has 2 aliphatic rings. The number of rotatable bonds is 11. The minimum absolute atomic E-state index is 0. The number of benzene rings is 3. The van der Waals surface area contributed by atoms with Gasteiger partial charge in [-0.3, -0.25) is 0 Å². The van der Waals surface area contributed by atoms with E-state index in [2.05, 4.69) is 49.2 Å². The van der Waals surface area contributed by atoms with Crippen LogP contribution in [0.25, 0.3) is 5.69 Å². The Hall–Kier alpha value is -4.40. The van der Waals surface area contributed by atoms with Crippen molar-refractivity contribution in [3.8, 4) is 11.4 Å². The summed E-state index contributed by atoms with van der Waals surface area (Å²) < 4.78 is 23.7. The van der Waals surface area contributed by atoms with E-state index in [0.29, 0.717) is 41.2 Å². The van der Waals surface area contributed by atoms with Crippen LogP contribution in [-0.2, 0) is 28.4 Å². The molecule has 0 radical (unpaired) electrons. The minimum Gasteiger partial charge on any atom is -0.491 e. The lowest BCUT2D eigenvalue weighted by Crippen LogP contribution is -2.46. The summed E-state index contributed by atoms with van der Waals surface area (Å²) in [6.45, 7) is 8.96. The minimum atomic E-state index is -1.16. The molecule has 264 valence electrons. The monoisotopic (exact) mass is 722 g/mol. The van der Waals surface area contributed by atoms with Gasteiger partial charge in [0.1, 0.15) is 43.5 Å². The molecule has 2 saturated heterocycles. The van der Waals surface area contributed by atoms with Crippen LogP contribution in [0.5, 0.6) is 5.75 Å². The van der Waals surface area contributed by atoms with Crippen LogP contribution in [0.1, 0.15) is 24.7 Å². The van der Waals surface area contributed by atoms with Crippen molar-refractivity contribution in [2.45, 2.75) is 45.2 Å². The Morgan fingerprint density at radius 2 is 1.60 bits per heavy atom. The Bertz CT molecular complexity index is 1930. The van der Waals surface area contributed by atoms with Gasteiger partial charge in [0, 0.05) is 54.7 Å². The molecule has 4 heterocycles. The van der Waals surface area contributed by atoms with Gasteiger partial charge in [0.25, 0.3) is 0 Å². The summed E-state index contributed by atoms with van der Waals surface area (Å²) in [5.41, 5.74) is 3.68. The molecule has 0 unspecified atom stereocenters. The van der Waals surface area contributed by atoms with Crippen LogP contribution in [-0.4, -0.2) is 80.1 Å². The highest BCUT2D eigenvalue weighted by molar-refractivity contribution is 6.35. The van der Waals surface area contributed by atoms with Gasteiger partial charge < -0.3 is 29.5 Å². The number of anilines is 2. The SMILES string of the molecule is CCCn1nc(C)n(-c2ccc(N3CCN(c4ccc(OC[C@@H]5CO[C@@](Cn6cncn6)(c6ccc(Cl)cc6Cl)O5)cc4)CC3)cc2)c1=O.O. The highest BCUT2D eigenvalue weighted by atomic mass is 35.5. The summed E-state index contributed by atoms with van der Waals surface area (Å²) in [5.74, 6) is 0.283. The van der Waals surface area contributed by atoms with Crippen LogP contribution in [0.15, 0.2) is 84.2 Å². The molecule has 3 aromatic carbocycles. The van der Waals surface area contributed by atoms with Gasteiger partial charge in [-0.15, -0.1) is 0 Å². The van der Waals surface area contributed by atoms with Crippen molar-refractivity contribution in [2.24, 2.45) is 0 Å². The summed E-state index contributed by atoms with van der Waals surface area (Å²) in [6, 6.07) is 21.6. The van der Waals surface area contributed by atoms with Gasteiger partial charge in [-0.1, -0.05) is 36.2 Å². The third kappa shape index (κ3) is 7.37. The maximum absolute atomic E-state index is 12.8. The first-order valence-corrected chi connectivity index (χ1v) is 17.2. The van der Waals surface area contributed by atoms with E-state index >= 15 is 0 Å². The third-order valence-electron chi connectivity index (χ3n) is 8.86. The summed E-state index contributed by atoms with van der Waals surface area (Å²) in [4.78, 5) is 21.6. The van der Waals surface area contributed by atoms with Crippen molar-refractivity contribution >= 4 is 34.6 Å². The highest BCUT2D eigenvalue weighted by Gasteiger charge is 2.45. The van der Waals surface area contributed by atoms with E-state index in [9.17, 15) is 4.79 Å². The van der Waals surface area contributed by atoms with Crippen molar-refractivity contribution in [1.29, 1.82) is 0 Å². The quantitative estimate of drug-likeness (QED) is 0.193. The molecular formula is C35H40Cl2N8O5. The Morgan fingerprint density at radius 3 is 2.22 bits per heavy atom. The maximum atomic E-state index is 12.8. The first-order valence-electron chi connectivity index (χ1n) is 16.4. The average Bonchev–Trinajstić information content (AvgIpc) is 3.84. The maximum Gasteiger partial charge on any atom is 0.350 e. The Morgan fingerprint density at radius 1 is 0.940 bits per heavy atom. The lowest BCUT2D eigenvalue weighted by atomic mass is 10.1. The number of nitrogens with zero attached hydrogens (tertiary/aromatic N) is 8. The molecule has 15 heteroatoms. The van der Waals surface area contributed by atoms with Gasteiger partial charge in [0.05, 0.1) is 17.3 Å². The predicted octanol–water partition coefficient (Wildman–Crippen LogP) is 4.50. The number of hydrogen-bond donors (Lipinski definition) is 0. The van der Waals surface area contributed by atoms with Gasteiger partial charge in [0.2, 0.25) is 5.79 Å². The first kappa shape index (κ1) is 35.4. The molecule has 5 aromatic rings. The van der Waals surface area contributed by atoms with E-state index < -0.39 is 5.79 Å². The fraction of sp³-hybridized carbons (Fsp3) is 0.371. The molecule has 2 fully saturated rings. The summed E-state index contributed by atoms with van der Waals surface area (Å²) in [7, 11) is 0. The van der Waals surface area contributed by atoms with Crippen LogP contribution in [0.2, 0.25) is 10.0 Å². The molecule has 50 heavy (non-hydrogen) atoms. The normalized spacial score (nSPS) is 19.1. The lowest BCUT2D eigenvalue weighted by Gasteiger charge is -2.37. The topological polar surface area (TPSA) is 136 Å². The molecule has 2 atom stereocenters. The van der Waals surface area contributed by atoms with E-state index in [1.807, 2.05) is 44.2 Å². The summed E-state index contributed by atoms with van der Waals surface area (Å²) >= 11 is 12.7. The van der Waals surface area contributed by atoms with Gasteiger partial charge in [-0.25, -0.2) is 23.7 Å². The molecule has 0 spiro atoms. The number of hydrogen-bond acceptors (Lipinski definition) is 9. The van der Waals surface area contributed by atoms with Crippen LogP contribution >= 0.6 is 23.2 Å². The van der Waals surface area contributed by atoms with Crippen molar-refractivity contribution < 1.29 is 19.7 Å². The van der Waals surface area contributed by atoms with Gasteiger partial charge >= 0.3 is 5.69 Å². The van der Waals surface area contributed by atoms with Crippen molar-refractivity contribution in [3.63, 3.8) is 0 Å². The summed E-state index contributed by atoms with van der Waals surface area (Å²) in [6.07, 6.45) is 3.60. The van der Waals surface area contributed by atoms with E-state index in [0.717, 1.165) is 55.4 Å². The van der Waals surface area contributed by atoms with Crippen molar-refractivity contribution in [3.05, 3.63) is 111 Å². The smallest absolute Gasteiger partial charge is 0.350 e. The fourth-order valence-electron chi connectivity index (χ4n) is 6.43. The van der Waals surface area contributed by atoms with Gasteiger partial charge in [-0.05, 0) is 74.0 Å². The van der Waals surface area contributed by atoms with Gasteiger partial charge in [0.15, 0.2) is 0 Å². The van der Waals surface area contributed by atoms with Crippen molar-refractivity contribution in [2.75, 3.05) is 49.2 Å². The van der Waals surface area contributed by atoms with Crippen LogP contribution in [0.4, 0.5) is 11.4 Å². The predicted molar refractivity (Wildman–Crippen MR) is 192 cm³/mol. The van der Waals surface area contributed by atoms with Crippen molar-refractivity contribution in [1.82, 2.24) is 29.1 Å². The van der Waals surface area contributed by atoms with Crippen LogP contribution in [0, 0.1) is 6.92 Å². The molecule has 7 rings (SSSR count). The lowest BCUT2D eigenvalue weighted by molar-refractivity contribution is -0.190. The Labute approximate surface area is 299 Å². The average molecular weight is 724 g/mol. The van der Waals surface area contributed by atoms with E-state index in [-0.39, 0.29) is 23.8 Å². The molecule has 2 N–H and O–H groups in total. The zero-order valence-corrected chi connectivity index (χ0v) is 29.4. The van der Waals surface area contributed by atoms with Gasteiger partial charge in [-0.2, -0.15) is 10.2 Å². The molecule has 13 nitrogen and oxygen atoms in total. The number of aromatic nitrogens is 6. The second-order valence-electron chi connectivity index (χ2n) is 12.2. The largest absolute Gasteiger partial charge is 0.491 e. The second kappa shape index (κ2) is 15.2. The molecule has 0 saturated carbocycles. The molecule has 2 aromatic heterocycles. The number of halogens is 2. The summed E-state index contributed by atoms with van der Waals surface area (Å²) in [5, 5.41) is 9.62. The molecule has 0 amide bonds. The fourth-order valence-corrected chi connectivity index (χ4v) is 6.98. The Kier molecular flexibility index (Phi) is 10.8. The van der Waals surface area contributed by atoms with Crippen LogP contribution in [0.3, 0.4) is 0 Å². The zero-order chi connectivity index (χ0) is 34.0. The number of piperazine rings is 1. The van der Waals surface area contributed by atoms with E-state index in [1.165, 1.54) is 11.0 Å². The second-order valence-corrected chi connectivity index (χ2v) is 13.0. The van der Waals surface area contributed by atoms with Crippen LogP contribution < -0.4 is 20.2 Å². The number of aryl methyl sites for hydroxylation is 2. The molecule has 0 aliphatic carbocycles. The third-order valence-corrected chi connectivity index (χ3v) is 9.41. The zero-order valence-electron chi connectivity index (χ0n) is 27.9. The number of ether oxygens (including phenoxy) is 3. The molecular weight excluding hydrogens is 683 g/mol. The first-order chi connectivity index (χ1) is 23.8. The Balaban J connectivity index is 0.00000432.